The normalized spacial score (nSPS) is 17.0. The van der Waals surface area contributed by atoms with E-state index in [0.29, 0.717) is 0 Å². The van der Waals surface area contributed by atoms with Crippen LogP contribution in [0.1, 0.15) is 18.4 Å². The summed E-state index contributed by atoms with van der Waals surface area (Å²) in [7, 11) is 0. The van der Waals surface area contributed by atoms with Gasteiger partial charge in [-0.25, -0.2) is 9.97 Å². The number of hydrogen-bond donors (Lipinski definition) is 1. The lowest BCUT2D eigenvalue weighted by Crippen LogP contribution is -2.38. The number of fused-ring (bicyclic) bond motifs is 1. The Morgan fingerprint density at radius 2 is 2.16 bits per heavy atom. The van der Waals surface area contributed by atoms with Crippen molar-refractivity contribution in [2.45, 2.75) is 19.8 Å². The van der Waals surface area contributed by atoms with Crippen LogP contribution in [0.25, 0.3) is 10.2 Å². The summed E-state index contributed by atoms with van der Waals surface area (Å²) in [6.07, 6.45) is 3.24. The van der Waals surface area contributed by atoms with E-state index >= 15 is 0 Å². The van der Waals surface area contributed by atoms with Crippen LogP contribution in [0.5, 0.6) is 0 Å². The van der Waals surface area contributed by atoms with Crippen LogP contribution in [0.4, 0.5) is 5.82 Å². The SMILES string of the molecule is Cc1csc2c(N3CCC(C(N)=O)CC3)ncnc12. The number of aromatic nitrogens is 2. The van der Waals surface area contributed by atoms with Crippen molar-refractivity contribution in [2.24, 2.45) is 11.7 Å². The minimum atomic E-state index is -0.181. The zero-order valence-corrected chi connectivity index (χ0v) is 11.6. The summed E-state index contributed by atoms with van der Waals surface area (Å²) in [6.45, 7) is 3.72. The quantitative estimate of drug-likeness (QED) is 0.906. The third-order valence-corrected chi connectivity index (χ3v) is 4.79. The second kappa shape index (κ2) is 4.77. The van der Waals surface area contributed by atoms with Gasteiger partial charge in [0.2, 0.25) is 5.91 Å². The molecule has 6 heteroatoms. The highest BCUT2D eigenvalue weighted by molar-refractivity contribution is 7.18. The molecule has 0 aromatic carbocycles. The molecule has 2 aromatic heterocycles. The molecule has 0 saturated carbocycles. The molecular weight excluding hydrogens is 260 g/mol. The molecule has 1 saturated heterocycles. The third kappa shape index (κ3) is 2.16. The van der Waals surface area contributed by atoms with Crippen molar-refractivity contribution in [2.75, 3.05) is 18.0 Å². The van der Waals surface area contributed by atoms with Gasteiger partial charge in [0.25, 0.3) is 0 Å². The van der Waals surface area contributed by atoms with Gasteiger partial charge >= 0.3 is 0 Å². The first kappa shape index (κ1) is 12.3. The van der Waals surface area contributed by atoms with Crippen molar-refractivity contribution in [3.05, 3.63) is 17.3 Å². The average molecular weight is 276 g/mol. The topological polar surface area (TPSA) is 72.1 Å². The Bertz CT molecular complexity index is 616. The van der Waals surface area contributed by atoms with Gasteiger partial charge in [-0.05, 0) is 30.7 Å². The van der Waals surface area contributed by atoms with Crippen LogP contribution in [0.15, 0.2) is 11.7 Å². The van der Waals surface area contributed by atoms with E-state index < -0.39 is 0 Å². The van der Waals surface area contributed by atoms with E-state index in [1.54, 1.807) is 17.7 Å². The van der Waals surface area contributed by atoms with Gasteiger partial charge in [0.05, 0.1) is 10.2 Å². The van der Waals surface area contributed by atoms with E-state index in [0.717, 1.165) is 42.0 Å². The van der Waals surface area contributed by atoms with Gasteiger partial charge < -0.3 is 10.6 Å². The minimum Gasteiger partial charge on any atom is -0.369 e. The maximum Gasteiger partial charge on any atom is 0.220 e. The molecule has 19 heavy (non-hydrogen) atoms. The summed E-state index contributed by atoms with van der Waals surface area (Å²) in [6, 6.07) is 0. The van der Waals surface area contributed by atoms with Gasteiger partial charge in [-0.1, -0.05) is 0 Å². The van der Waals surface area contributed by atoms with Crippen molar-refractivity contribution in [3.63, 3.8) is 0 Å². The van der Waals surface area contributed by atoms with Crippen LogP contribution in [-0.2, 0) is 4.79 Å². The number of piperidine rings is 1. The molecule has 3 heterocycles. The fourth-order valence-electron chi connectivity index (χ4n) is 2.56. The first-order valence-corrected chi connectivity index (χ1v) is 7.28. The summed E-state index contributed by atoms with van der Waals surface area (Å²) in [5.74, 6) is 0.823. The standard InChI is InChI=1S/C13H16N4OS/c1-8-6-19-11-10(8)15-7-16-13(11)17-4-2-9(3-5-17)12(14)18/h6-7,9H,2-5H2,1H3,(H2,14,18). The average Bonchev–Trinajstić information content (AvgIpc) is 2.81. The van der Waals surface area contributed by atoms with Crippen LogP contribution < -0.4 is 10.6 Å². The van der Waals surface area contributed by atoms with Crippen LogP contribution in [0.2, 0.25) is 0 Å². The van der Waals surface area contributed by atoms with Gasteiger partial charge in [-0.15, -0.1) is 11.3 Å². The molecule has 0 atom stereocenters. The van der Waals surface area contributed by atoms with E-state index in [-0.39, 0.29) is 11.8 Å². The van der Waals surface area contributed by atoms with E-state index in [9.17, 15) is 4.79 Å². The number of amides is 1. The Morgan fingerprint density at radius 3 is 2.84 bits per heavy atom. The second-order valence-electron chi connectivity index (χ2n) is 4.96. The summed E-state index contributed by atoms with van der Waals surface area (Å²) in [5.41, 5.74) is 7.59. The highest BCUT2D eigenvalue weighted by Crippen LogP contribution is 2.32. The number of anilines is 1. The highest BCUT2D eigenvalue weighted by atomic mass is 32.1. The summed E-state index contributed by atoms with van der Waals surface area (Å²) < 4.78 is 1.14. The molecule has 1 aliphatic heterocycles. The molecule has 0 spiro atoms. The van der Waals surface area contributed by atoms with Gasteiger partial charge in [-0.2, -0.15) is 0 Å². The Morgan fingerprint density at radius 1 is 1.42 bits per heavy atom. The van der Waals surface area contributed by atoms with Crippen molar-refractivity contribution in [1.29, 1.82) is 0 Å². The minimum absolute atomic E-state index is 0.0126. The summed E-state index contributed by atoms with van der Waals surface area (Å²) in [5, 5.41) is 2.11. The molecule has 0 bridgehead atoms. The van der Waals surface area contributed by atoms with Gasteiger partial charge in [0.15, 0.2) is 0 Å². The van der Waals surface area contributed by atoms with Crippen molar-refractivity contribution in [1.82, 2.24) is 9.97 Å². The van der Waals surface area contributed by atoms with E-state index in [4.69, 9.17) is 5.73 Å². The predicted octanol–water partition coefficient (Wildman–Crippen LogP) is 1.70. The number of aryl methyl sites for hydroxylation is 1. The zero-order valence-electron chi connectivity index (χ0n) is 10.8. The highest BCUT2D eigenvalue weighted by Gasteiger charge is 2.25. The van der Waals surface area contributed by atoms with E-state index in [1.807, 2.05) is 0 Å². The molecule has 5 nitrogen and oxygen atoms in total. The monoisotopic (exact) mass is 276 g/mol. The number of hydrogen-bond acceptors (Lipinski definition) is 5. The Balaban J connectivity index is 1.88. The number of carbonyl (C=O) groups excluding carboxylic acids is 1. The predicted molar refractivity (Wildman–Crippen MR) is 76.3 cm³/mol. The molecule has 1 amide bonds. The van der Waals surface area contributed by atoms with Crippen molar-refractivity contribution >= 4 is 33.3 Å². The van der Waals surface area contributed by atoms with Crippen LogP contribution >= 0.6 is 11.3 Å². The third-order valence-electron chi connectivity index (χ3n) is 3.71. The molecule has 1 fully saturated rings. The number of carbonyl (C=O) groups is 1. The molecule has 0 unspecified atom stereocenters. The summed E-state index contributed by atoms with van der Waals surface area (Å²) in [4.78, 5) is 22.2. The molecule has 3 rings (SSSR count). The number of rotatable bonds is 2. The number of primary amides is 1. The molecule has 2 N–H and O–H groups in total. The lowest BCUT2D eigenvalue weighted by atomic mass is 9.96. The molecule has 0 radical (unpaired) electrons. The molecule has 0 aliphatic carbocycles. The van der Waals surface area contributed by atoms with Crippen LogP contribution in [0, 0.1) is 12.8 Å². The van der Waals surface area contributed by atoms with Gasteiger partial charge in [-0.3, -0.25) is 4.79 Å². The fraction of sp³-hybridized carbons (Fsp3) is 0.462. The van der Waals surface area contributed by atoms with Gasteiger partial charge in [0, 0.05) is 19.0 Å². The maximum atomic E-state index is 11.2. The van der Waals surface area contributed by atoms with E-state index in [1.165, 1.54) is 5.56 Å². The Kier molecular flexibility index (Phi) is 3.10. The molecule has 2 aromatic rings. The zero-order chi connectivity index (χ0) is 13.4. The number of nitrogens with zero attached hydrogens (tertiary/aromatic N) is 3. The summed E-state index contributed by atoms with van der Waals surface area (Å²) >= 11 is 1.68. The number of nitrogens with two attached hydrogens (primary N) is 1. The molecule has 1 aliphatic rings. The molecule has 100 valence electrons. The van der Waals surface area contributed by atoms with Gasteiger partial charge in [0.1, 0.15) is 12.1 Å². The Hall–Kier alpha value is -1.69. The first-order valence-electron chi connectivity index (χ1n) is 6.40. The second-order valence-corrected chi connectivity index (χ2v) is 5.84. The maximum absolute atomic E-state index is 11.2. The Labute approximate surface area is 115 Å². The van der Waals surface area contributed by atoms with Crippen molar-refractivity contribution < 1.29 is 4.79 Å². The largest absolute Gasteiger partial charge is 0.369 e. The molecular formula is C13H16N4OS. The lowest BCUT2D eigenvalue weighted by molar-refractivity contribution is -0.122. The smallest absolute Gasteiger partial charge is 0.220 e. The fourth-order valence-corrected chi connectivity index (χ4v) is 3.58. The lowest BCUT2D eigenvalue weighted by Gasteiger charge is -2.31. The van der Waals surface area contributed by atoms with Crippen LogP contribution in [0.3, 0.4) is 0 Å². The van der Waals surface area contributed by atoms with Crippen molar-refractivity contribution in [3.8, 4) is 0 Å². The van der Waals surface area contributed by atoms with E-state index in [2.05, 4.69) is 27.2 Å². The number of thiophene rings is 1. The first-order chi connectivity index (χ1) is 9.16. The van der Waals surface area contributed by atoms with Crippen LogP contribution in [-0.4, -0.2) is 29.0 Å².